The SMILES string of the molecule is C=C(C)C1CC=C(CN2CCC(C(N)=O)CC2)CC1. The Bertz CT molecular complexity index is 378. The Kier molecular flexibility index (Phi) is 4.81. The van der Waals surface area contributed by atoms with Crippen LogP contribution in [0.4, 0.5) is 0 Å². The van der Waals surface area contributed by atoms with Crippen LogP contribution < -0.4 is 5.73 Å². The standard InChI is InChI=1S/C16H26N2O/c1-12(2)14-5-3-13(4-6-14)11-18-9-7-15(8-10-18)16(17)19/h3,14-15H,1,4-11H2,2H3,(H2,17,19). The molecule has 0 aromatic heterocycles. The molecule has 1 atom stereocenters. The Morgan fingerprint density at radius 1 is 1.37 bits per heavy atom. The van der Waals surface area contributed by atoms with Crippen molar-refractivity contribution in [2.75, 3.05) is 19.6 Å². The van der Waals surface area contributed by atoms with Crippen molar-refractivity contribution in [2.45, 2.75) is 39.0 Å². The van der Waals surface area contributed by atoms with Gasteiger partial charge < -0.3 is 5.73 Å². The van der Waals surface area contributed by atoms with E-state index in [1.54, 1.807) is 5.57 Å². The maximum atomic E-state index is 11.1. The van der Waals surface area contributed by atoms with E-state index in [9.17, 15) is 4.79 Å². The number of hydrogen-bond acceptors (Lipinski definition) is 2. The number of rotatable bonds is 4. The minimum absolute atomic E-state index is 0.101. The van der Waals surface area contributed by atoms with E-state index >= 15 is 0 Å². The average molecular weight is 262 g/mol. The van der Waals surface area contributed by atoms with Crippen molar-refractivity contribution in [1.82, 2.24) is 4.90 Å². The zero-order chi connectivity index (χ0) is 13.8. The summed E-state index contributed by atoms with van der Waals surface area (Å²) in [6, 6.07) is 0. The van der Waals surface area contributed by atoms with Gasteiger partial charge in [-0.2, -0.15) is 0 Å². The molecule has 1 heterocycles. The highest BCUT2D eigenvalue weighted by Crippen LogP contribution is 2.29. The van der Waals surface area contributed by atoms with Gasteiger partial charge in [-0.3, -0.25) is 9.69 Å². The minimum atomic E-state index is -0.124. The molecule has 1 fully saturated rings. The van der Waals surface area contributed by atoms with E-state index in [-0.39, 0.29) is 11.8 Å². The first-order valence-electron chi connectivity index (χ1n) is 7.41. The van der Waals surface area contributed by atoms with Gasteiger partial charge in [-0.15, -0.1) is 0 Å². The van der Waals surface area contributed by atoms with Crippen LogP contribution in [0.25, 0.3) is 0 Å². The van der Waals surface area contributed by atoms with E-state index in [0.717, 1.165) is 38.9 Å². The molecule has 2 rings (SSSR count). The molecule has 0 aromatic carbocycles. The van der Waals surface area contributed by atoms with Crippen LogP contribution in [0, 0.1) is 11.8 Å². The van der Waals surface area contributed by atoms with E-state index in [1.165, 1.54) is 18.4 Å². The van der Waals surface area contributed by atoms with E-state index in [0.29, 0.717) is 5.92 Å². The highest BCUT2D eigenvalue weighted by molar-refractivity contribution is 5.76. The first-order chi connectivity index (χ1) is 9.06. The number of amides is 1. The lowest BCUT2D eigenvalue weighted by Crippen LogP contribution is -2.39. The largest absolute Gasteiger partial charge is 0.369 e. The minimum Gasteiger partial charge on any atom is -0.369 e. The van der Waals surface area contributed by atoms with E-state index < -0.39 is 0 Å². The Balaban J connectivity index is 1.77. The van der Waals surface area contributed by atoms with Crippen LogP contribution in [0.5, 0.6) is 0 Å². The summed E-state index contributed by atoms with van der Waals surface area (Å²) < 4.78 is 0. The lowest BCUT2D eigenvalue weighted by atomic mass is 9.85. The first kappa shape index (κ1) is 14.3. The van der Waals surface area contributed by atoms with Crippen molar-refractivity contribution in [2.24, 2.45) is 17.6 Å². The number of nitrogens with zero attached hydrogens (tertiary/aromatic N) is 1. The number of primary amides is 1. The monoisotopic (exact) mass is 262 g/mol. The second-order valence-corrected chi connectivity index (χ2v) is 6.13. The molecule has 0 saturated carbocycles. The number of hydrogen-bond donors (Lipinski definition) is 1. The van der Waals surface area contributed by atoms with Gasteiger partial charge in [-0.05, 0) is 58.0 Å². The number of carbonyl (C=O) groups is 1. The van der Waals surface area contributed by atoms with E-state index in [2.05, 4.69) is 24.5 Å². The lowest BCUT2D eigenvalue weighted by Gasteiger charge is -2.32. The van der Waals surface area contributed by atoms with Crippen molar-refractivity contribution in [1.29, 1.82) is 0 Å². The summed E-state index contributed by atoms with van der Waals surface area (Å²) in [4.78, 5) is 13.6. The summed E-state index contributed by atoms with van der Waals surface area (Å²) in [6.45, 7) is 9.29. The van der Waals surface area contributed by atoms with Crippen LogP contribution in [0.2, 0.25) is 0 Å². The summed E-state index contributed by atoms with van der Waals surface area (Å²) in [5.41, 5.74) is 8.25. The third kappa shape index (κ3) is 3.93. The van der Waals surface area contributed by atoms with Gasteiger partial charge in [-0.1, -0.05) is 23.8 Å². The van der Waals surface area contributed by atoms with Gasteiger partial charge in [0.1, 0.15) is 0 Å². The number of piperidine rings is 1. The van der Waals surface area contributed by atoms with Crippen molar-refractivity contribution >= 4 is 5.91 Å². The van der Waals surface area contributed by atoms with Crippen LogP contribution >= 0.6 is 0 Å². The predicted octanol–water partition coefficient (Wildman–Crippen LogP) is 2.49. The number of nitrogens with two attached hydrogens (primary N) is 1. The van der Waals surface area contributed by atoms with Gasteiger partial charge in [-0.25, -0.2) is 0 Å². The fourth-order valence-electron chi connectivity index (χ4n) is 3.14. The molecule has 0 bridgehead atoms. The van der Waals surface area contributed by atoms with Crippen molar-refractivity contribution < 1.29 is 4.79 Å². The maximum absolute atomic E-state index is 11.1. The highest BCUT2D eigenvalue weighted by Gasteiger charge is 2.24. The quantitative estimate of drug-likeness (QED) is 0.791. The third-order valence-corrected chi connectivity index (χ3v) is 4.62. The topological polar surface area (TPSA) is 46.3 Å². The van der Waals surface area contributed by atoms with Gasteiger partial charge in [0.2, 0.25) is 5.91 Å². The fourth-order valence-corrected chi connectivity index (χ4v) is 3.14. The second kappa shape index (κ2) is 6.38. The molecular formula is C16H26N2O. The molecule has 0 spiro atoms. The summed E-state index contributed by atoms with van der Waals surface area (Å²) >= 11 is 0. The molecule has 0 aromatic rings. The average Bonchev–Trinajstić information content (AvgIpc) is 2.40. The summed E-state index contributed by atoms with van der Waals surface area (Å²) in [5, 5.41) is 0. The molecule has 0 radical (unpaired) electrons. The molecule has 1 aliphatic heterocycles. The van der Waals surface area contributed by atoms with Gasteiger partial charge in [0.15, 0.2) is 0 Å². The van der Waals surface area contributed by atoms with E-state index in [1.807, 2.05) is 0 Å². The van der Waals surface area contributed by atoms with Crippen LogP contribution in [-0.4, -0.2) is 30.4 Å². The van der Waals surface area contributed by atoms with Crippen molar-refractivity contribution in [3.8, 4) is 0 Å². The fraction of sp³-hybridized carbons (Fsp3) is 0.688. The molecule has 1 amide bonds. The molecule has 1 saturated heterocycles. The Morgan fingerprint density at radius 2 is 2.05 bits per heavy atom. The highest BCUT2D eigenvalue weighted by atomic mass is 16.1. The van der Waals surface area contributed by atoms with Gasteiger partial charge in [0, 0.05) is 12.5 Å². The third-order valence-electron chi connectivity index (χ3n) is 4.62. The van der Waals surface area contributed by atoms with Crippen LogP contribution in [-0.2, 0) is 4.79 Å². The van der Waals surface area contributed by atoms with Gasteiger partial charge >= 0.3 is 0 Å². The van der Waals surface area contributed by atoms with Gasteiger partial charge in [0.05, 0.1) is 0 Å². The van der Waals surface area contributed by atoms with Crippen LogP contribution in [0.1, 0.15) is 39.0 Å². The molecule has 2 aliphatic rings. The molecule has 106 valence electrons. The first-order valence-corrected chi connectivity index (χ1v) is 7.41. The molecular weight excluding hydrogens is 236 g/mol. The molecule has 3 nitrogen and oxygen atoms in total. The molecule has 19 heavy (non-hydrogen) atoms. The molecule has 3 heteroatoms. The predicted molar refractivity (Wildman–Crippen MR) is 78.6 cm³/mol. The van der Waals surface area contributed by atoms with Crippen LogP contribution in [0.15, 0.2) is 23.8 Å². The summed E-state index contributed by atoms with van der Waals surface area (Å²) in [5.74, 6) is 0.662. The number of carbonyl (C=O) groups excluding carboxylic acids is 1. The Hall–Kier alpha value is -1.09. The number of likely N-dealkylation sites (tertiary alicyclic amines) is 1. The Morgan fingerprint density at radius 3 is 2.53 bits per heavy atom. The van der Waals surface area contributed by atoms with Gasteiger partial charge in [0.25, 0.3) is 0 Å². The second-order valence-electron chi connectivity index (χ2n) is 6.13. The van der Waals surface area contributed by atoms with E-state index in [4.69, 9.17) is 5.73 Å². The molecule has 1 unspecified atom stereocenters. The van der Waals surface area contributed by atoms with Crippen molar-refractivity contribution in [3.63, 3.8) is 0 Å². The zero-order valence-corrected chi connectivity index (χ0v) is 12.0. The lowest BCUT2D eigenvalue weighted by molar-refractivity contribution is -0.123. The van der Waals surface area contributed by atoms with Crippen LogP contribution in [0.3, 0.4) is 0 Å². The summed E-state index contributed by atoms with van der Waals surface area (Å²) in [7, 11) is 0. The molecule has 1 aliphatic carbocycles. The Labute approximate surface area is 116 Å². The smallest absolute Gasteiger partial charge is 0.220 e. The zero-order valence-electron chi connectivity index (χ0n) is 12.0. The van der Waals surface area contributed by atoms with Crippen molar-refractivity contribution in [3.05, 3.63) is 23.8 Å². The summed E-state index contributed by atoms with van der Waals surface area (Å²) in [6.07, 6.45) is 7.87. The normalized spacial score (nSPS) is 25.9. The molecule has 2 N–H and O–H groups in total. The maximum Gasteiger partial charge on any atom is 0.220 e. The number of allylic oxidation sites excluding steroid dienone is 2.